The van der Waals surface area contributed by atoms with Crippen LogP contribution in [0.5, 0.6) is 11.5 Å². The Kier molecular flexibility index (Phi) is 5.01. The van der Waals surface area contributed by atoms with Crippen molar-refractivity contribution in [3.63, 3.8) is 0 Å². The molecule has 4 rings (SSSR count). The molecule has 0 saturated carbocycles. The summed E-state index contributed by atoms with van der Waals surface area (Å²) in [6.07, 6.45) is 0.132. The molecule has 0 bridgehead atoms. The van der Waals surface area contributed by atoms with E-state index in [1.165, 1.54) is 0 Å². The third kappa shape index (κ3) is 4.27. The van der Waals surface area contributed by atoms with Crippen molar-refractivity contribution in [2.75, 3.05) is 29.0 Å². The van der Waals surface area contributed by atoms with Gasteiger partial charge in [-0.3, -0.25) is 14.6 Å². The lowest BCUT2D eigenvalue weighted by Crippen LogP contribution is -2.17. The average Bonchev–Trinajstić information content (AvgIpc) is 3.09. The predicted molar refractivity (Wildman–Crippen MR) is 109 cm³/mol. The average molecular weight is 416 g/mol. The van der Waals surface area contributed by atoms with Gasteiger partial charge in [-0.2, -0.15) is 5.10 Å². The quantitative estimate of drug-likeness (QED) is 0.567. The Labute approximate surface area is 167 Å². The molecule has 0 saturated heterocycles. The number of aromatic nitrogens is 2. The molecule has 1 aliphatic rings. The van der Waals surface area contributed by atoms with Crippen LogP contribution >= 0.6 is 0 Å². The molecule has 3 N–H and O–H groups in total. The molecule has 9 nitrogen and oxygen atoms in total. The number of aromatic amines is 1. The molecule has 0 atom stereocenters. The first-order chi connectivity index (χ1) is 13.9. The van der Waals surface area contributed by atoms with Gasteiger partial charge in [0, 0.05) is 11.1 Å². The number of nitrogens with one attached hydrogen (secondary N) is 3. The fraction of sp³-hybridized carbons (Fsp3) is 0.263. The number of ether oxygens (including phenoxy) is 2. The molecule has 0 fully saturated rings. The Balaban J connectivity index is 1.50. The number of hydrogen-bond donors (Lipinski definition) is 3. The molecule has 0 aliphatic carbocycles. The van der Waals surface area contributed by atoms with E-state index in [9.17, 15) is 13.2 Å². The topological polar surface area (TPSA) is 122 Å². The molecule has 3 aromatic rings. The van der Waals surface area contributed by atoms with E-state index in [-0.39, 0.29) is 18.1 Å². The number of hydrogen-bond acceptors (Lipinski definition) is 6. The Bertz CT molecular complexity index is 1170. The van der Waals surface area contributed by atoms with E-state index in [1.807, 2.05) is 6.07 Å². The van der Waals surface area contributed by atoms with Crippen LogP contribution in [0.3, 0.4) is 0 Å². The number of rotatable bonds is 6. The molecule has 2 aromatic carbocycles. The smallest absolute Gasteiger partial charge is 0.232 e. The maximum atomic E-state index is 12.5. The minimum atomic E-state index is -3.40. The second kappa shape index (κ2) is 7.63. The van der Waals surface area contributed by atoms with Crippen LogP contribution in [-0.2, 0) is 21.2 Å². The lowest BCUT2D eigenvalue weighted by Gasteiger charge is -2.18. The number of anilines is 2. The van der Waals surface area contributed by atoms with Crippen molar-refractivity contribution in [3.8, 4) is 11.5 Å². The minimum Gasteiger partial charge on any atom is -0.486 e. The van der Waals surface area contributed by atoms with Crippen molar-refractivity contribution in [2.45, 2.75) is 13.3 Å². The second-order valence-electron chi connectivity index (χ2n) is 6.54. The molecule has 29 heavy (non-hydrogen) atoms. The molecule has 1 aromatic heterocycles. The minimum absolute atomic E-state index is 0.0322. The van der Waals surface area contributed by atoms with E-state index in [1.54, 1.807) is 37.3 Å². The first-order valence-corrected chi connectivity index (χ1v) is 10.8. The van der Waals surface area contributed by atoms with Crippen LogP contribution in [0.4, 0.5) is 11.5 Å². The van der Waals surface area contributed by atoms with Gasteiger partial charge in [-0.25, -0.2) is 8.42 Å². The lowest BCUT2D eigenvalue weighted by atomic mass is 10.1. The highest BCUT2D eigenvalue weighted by Crippen LogP contribution is 2.31. The van der Waals surface area contributed by atoms with Crippen molar-refractivity contribution >= 4 is 38.3 Å². The van der Waals surface area contributed by atoms with E-state index in [0.29, 0.717) is 47.1 Å². The predicted octanol–water partition coefficient (Wildman–Crippen LogP) is 2.28. The number of carbonyl (C=O) groups is 1. The zero-order valence-electron chi connectivity index (χ0n) is 15.7. The summed E-state index contributed by atoms with van der Waals surface area (Å²) in [6, 6.07) is 10.3. The van der Waals surface area contributed by atoms with Gasteiger partial charge in [-0.15, -0.1) is 0 Å². The second-order valence-corrected chi connectivity index (χ2v) is 8.55. The number of carbonyl (C=O) groups excluding carboxylic acids is 1. The molecule has 10 heteroatoms. The monoisotopic (exact) mass is 416 g/mol. The van der Waals surface area contributed by atoms with Gasteiger partial charge in [0.25, 0.3) is 0 Å². The molecule has 0 radical (unpaired) electrons. The zero-order chi connectivity index (χ0) is 20.4. The van der Waals surface area contributed by atoms with Crippen LogP contribution < -0.4 is 19.5 Å². The molecular weight excluding hydrogens is 396 g/mol. The SMILES string of the molecule is CCS(=O)(=O)Nc1ccc2[nH]nc(NC(=O)Cc3ccc4c(c3)OCCO4)c2c1. The van der Waals surface area contributed by atoms with Gasteiger partial charge < -0.3 is 14.8 Å². The highest BCUT2D eigenvalue weighted by atomic mass is 32.2. The van der Waals surface area contributed by atoms with Crippen LogP contribution in [-0.4, -0.2) is 43.5 Å². The largest absolute Gasteiger partial charge is 0.486 e. The highest BCUT2D eigenvalue weighted by Gasteiger charge is 2.15. The molecule has 1 amide bonds. The van der Waals surface area contributed by atoms with E-state index >= 15 is 0 Å². The van der Waals surface area contributed by atoms with Gasteiger partial charge in [-0.1, -0.05) is 6.07 Å². The molecular formula is C19H20N4O5S. The van der Waals surface area contributed by atoms with Gasteiger partial charge in [0.15, 0.2) is 17.3 Å². The van der Waals surface area contributed by atoms with Crippen LogP contribution in [0.25, 0.3) is 10.9 Å². The standard InChI is InChI=1S/C19H20N4O5S/c1-2-29(25,26)23-13-4-5-15-14(11-13)19(22-21-15)20-18(24)10-12-3-6-16-17(9-12)28-8-7-27-16/h3-6,9,11,23H,2,7-8,10H2,1H3,(H2,20,21,22,24). The van der Waals surface area contributed by atoms with Gasteiger partial charge in [0.1, 0.15) is 13.2 Å². The number of sulfonamides is 1. The molecule has 2 heterocycles. The normalized spacial score (nSPS) is 13.3. The zero-order valence-corrected chi connectivity index (χ0v) is 16.5. The Morgan fingerprint density at radius 1 is 1.14 bits per heavy atom. The molecule has 152 valence electrons. The van der Waals surface area contributed by atoms with Gasteiger partial charge in [0.05, 0.1) is 17.7 Å². The third-order valence-electron chi connectivity index (χ3n) is 4.45. The van der Waals surface area contributed by atoms with Gasteiger partial charge in [0.2, 0.25) is 15.9 Å². The summed E-state index contributed by atoms with van der Waals surface area (Å²) < 4.78 is 37.1. The Morgan fingerprint density at radius 2 is 1.93 bits per heavy atom. The molecule has 1 aliphatic heterocycles. The number of fused-ring (bicyclic) bond motifs is 2. The summed E-state index contributed by atoms with van der Waals surface area (Å²) in [5.74, 6) is 1.34. The lowest BCUT2D eigenvalue weighted by molar-refractivity contribution is -0.115. The van der Waals surface area contributed by atoms with Crippen molar-refractivity contribution in [2.24, 2.45) is 0 Å². The summed E-state index contributed by atoms with van der Waals surface area (Å²) in [6.45, 7) is 2.55. The van der Waals surface area contributed by atoms with Crippen LogP contribution in [0.15, 0.2) is 36.4 Å². The van der Waals surface area contributed by atoms with Gasteiger partial charge in [-0.05, 0) is 42.8 Å². The summed E-state index contributed by atoms with van der Waals surface area (Å²) in [5, 5.41) is 10.3. The summed E-state index contributed by atoms with van der Waals surface area (Å²) in [7, 11) is -3.40. The van der Waals surface area contributed by atoms with Crippen molar-refractivity contribution < 1.29 is 22.7 Å². The Hall–Kier alpha value is -3.27. The van der Waals surface area contributed by atoms with Crippen LogP contribution in [0, 0.1) is 0 Å². The maximum Gasteiger partial charge on any atom is 0.232 e. The first kappa shape index (κ1) is 19.1. The summed E-state index contributed by atoms with van der Waals surface area (Å²) in [5.41, 5.74) is 1.87. The maximum absolute atomic E-state index is 12.5. The van der Waals surface area contributed by atoms with E-state index in [0.717, 1.165) is 5.56 Å². The van der Waals surface area contributed by atoms with E-state index < -0.39 is 10.0 Å². The highest BCUT2D eigenvalue weighted by molar-refractivity contribution is 7.92. The Morgan fingerprint density at radius 3 is 2.72 bits per heavy atom. The number of amides is 1. The van der Waals surface area contributed by atoms with Crippen molar-refractivity contribution in [1.29, 1.82) is 0 Å². The van der Waals surface area contributed by atoms with Gasteiger partial charge >= 0.3 is 0 Å². The van der Waals surface area contributed by atoms with E-state index in [4.69, 9.17) is 9.47 Å². The first-order valence-electron chi connectivity index (χ1n) is 9.10. The molecule has 0 unspecified atom stereocenters. The van der Waals surface area contributed by atoms with Crippen LogP contribution in [0.2, 0.25) is 0 Å². The fourth-order valence-corrected chi connectivity index (χ4v) is 3.61. The number of H-pyrrole nitrogens is 1. The summed E-state index contributed by atoms with van der Waals surface area (Å²) in [4.78, 5) is 12.5. The fourth-order valence-electron chi connectivity index (χ4n) is 2.98. The van der Waals surface area contributed by atoms with Crippen molar-refractivity contribution in [1.82, 2.24) is 10.2 Å². The number of nitrogens with zero attached hydrogens (tertiary/aromatic N) is 1. The number of benzene rings is 2. The third-order valence-corrected chi connectivity index (χ3v) is 5.75. The van der Waals surface area contributed by atoms with E-state index in [2.05, 4.69) is 20.2 Å². The summed E-state index contributed by atoms with van der Waals surface area (Å²) >= 11 is 0. The van der Waals surface area contributed by atoms with Crippen LogP contribution in [0.1, 0.15) is 12.5 Å². The van der Waals surface area contributed by atoms with Crippen molar-refractivity contribution in [3.05, 3.63) is 42.0 Å². The molecule has 0 spiro atoms.